The molecule has 0 fully saturated rings. The largest absolute Gasteiger partial charge is 0.497 e. The zero-order valence-electron chi connectivity index (χ0n) is 19.6. The molecular formula is C26H22F3N3O4. The fourth-order valence-corrected chi connectivity index (χ4v) is 3.35. The lowest BCUT2D eigenvalue weighted by atomic mass is 10.2. The van der Waals surface area contributed by atoms with Crippen molar-refractivity contribution in [1.29, 1.82) is 0 Å². The highest BCUT2D eigenvalue weighted by Crippen LogP contribution is 2.37. The van der Waals surface area contributed by atoms with Crippen molar-refractivity contribution in [3.05, 3.63) is 72.9 Å². The number of aliphatic imine (C=N–C) groups is 1. The van der Waals surface area contributed by atoms with Gasteiger partial charge in [-0.25, -0.2) is 4.99 Å². The molecule has 0 aliphatic carbocycles. The predicted molar refractivity (Wildman–Crippen MR) is 131 cm³/mol. The number of hydrogen-bond acceptors (Lipinski definition) is 6. The molecule has 36 heavy (non-hydrogen) atoms. The normalized spacial score (nSPS) is 11.8. The Labute approximate surface area is 205 Å². The Morgan fingerprint density at radius 1 is 0.778 bits per heavy atom. The minimum Gasteiger partial charge on any atom is -0.497 e. The number of ether oxygens (including phenoxy) is 4. The molecule has 186 valence electrons. The Hall–Kier alpha value is -4.47. The SMILES string of the molecule is COc1ccc(NC(=Nc2ccc(Oc3ccnc4cc(OC)c(OC)cc34)cc2)C(F)(F)F)cc1. The molecule has 7 nitrogen and oxygen atoms in total. The standard InChI is InChI=1S/C26H22F3N3O4/c1-33-18-8-4-16(5-9-18)31-25(26(27,28)29)32-17-6-10-19(11-7-17)36-22-12-13-30-21-15-24(35-3)23(34-2)14-20(21)22/h4-15H,1-3H3,(H,31,32). The fourth-order valence-electron chi connectivity index (χ4n) is 3.35. The second-order valence-electron chi connectivity index (χ2n) is 7.44. The van der Waals surface area contributed by atoms with Gasteiger partial charge in [0.05, 0.1) is 32.5 Å². The van der Waals surface area contributed by atoms with Gasteiger partial charge >= 0.3 is 6.18 Å². The summed E-state index contributed by atoms with van der Waals surface area (Å²) >= 11 is 0. The highest BCUT2D eigenvalue weighted by Gasteiger charge is 2.36. The van der Waals surface area contributed by atoms with Crippen molar-refractivity contribution in [2.75, 3.05) is 26.6 Å². The van der Waals surface area contributed by atoms with Gasteiger partial charge in [0.2, 0.25) is 5.84 Å². The summed E-state index contributed by atoms with van der Waals surface area (Å²) in [5.41, 5.74) is 0.955. The van der Waals surface area contributed by atoms with E-state index in [2.05, 4.69) is 15.3 Å². The van der Waals surface area contributed by atoms with E-state index in [1.807, 2.05) is 0 Å². The summed E-state index contributed by atoms with van der Waals surface area (Å²) in [4.78, 5) is 8.09. The molecule has 0 saturated carbocycles. The van der Waals surface area contributed by atoms with Crippen LogP contribution in [0.5, 0.6) is 28.7 Å². The van der Waals surface area contributed by atoms with Gasteiger partial charge in [0.1, 0.15) is 17.2 Å². The third-order valence-corrected chi connectivity index (χ3v) is 5.13. The van der Waals surface area contributed by atoms with Crippen molar-refractivity contribution in [3.8, 4) is 28.7 Å². The second-order valence-corrected chi connectivity index (χ2v) is 7.44. The smallest absolute Gasteiger partial charge is 0.449 e. The number of pyridine rings is 1. The summed E-state index contributed by atoms with van der Waals surface area (Å²) in [6.45, 7) is 0. The summed E-state index contributed by atoms with van der Waals surface area (Å²) in [7, 11) is 4.53. The molecule has 4 aromatic rings. The maximum atomic E-state index is 13.6. The molecule has 0 saturated heterocycles. The van der Waals surface area contributed by atoms with Crippen LogP contribution in [0.4, 0.5) is 24.5 Å². The zero-order valence-corrected chi connectivity index (χ0v) is 19.6. The van der Waals surface area contributed by atoms with E-state index in [0.29, 0.717) is 39.7 Å². The summed E-state index contributed by atoms with van der Waals surface area (Å²) in [5, 5.41) is 3.00. The molecule has 10 heteroatoms. The van der Waals surface area contributed by atoms with E-state index in [4.69, 9.17) is 18.9 Å². The molecule has 0 atom stereocenters. The molecule has 0 radical (unpaired) electrons. The van der Waals surface area contributed by atoms with Crippen LogP contribution in [0.3, 0.4) is 0 Å². The number of rotatable bonds is 7. The number of benzene rings is 3. The molecule has 0 unspecified atom stereocenters. The lowest BCUT2D eigenvalue weighted by Gasteiger charge is -2.14. The number of anilines is 1. The summed E-state index contributed by atoms with van der Waals surface area (Å²) in [6, 6.07) is 17.1. The average molecular weight is 497 g/mol. The van der Waals surface area contributed by atoms with E-state index in [1.165, 1.54) is 57.7 Å². The highest BCUT2D eigenvalue weighted by atomic mass is 19.4. The number of nitrogens with zero attached hydrogens (tertiary/aromatic N) is 2. The molecule has 0 aliphatic heterocycles. The molecule has 1 heterocycles. The molecule has 0 spiro atoms. The average Bonchev–Trinajstić information content (AvgIpc) is 2.88. The third-order valence-electron chi connectivity index (χ3n) is 5.13. The first kappa shape index (κ1) is 24.6. The number of halogens is 3. The first-order valence-corrected chi connectivity index (χ1v) is 10.7. The second kappa shape index (κ2) is 10.4. The van der Waals surface area contributed by atoms with E-state index in [1.54, 1.807) is 36.5 Å². The van der Waals surface area contributed by atoms with Gasteiger partial charge in [-0.1, -0.05) is 0 Å². The first-order valence-electron chi connectivity index (χ1n) is 10.7. The van der Waals surface area contributed by atoms with E-state index < -0.39 is 12.0 Å². The van der Waals surface area contributed by atoms with Gasteiger partial charge in [0.25, 0.3) is 0 Å². The van der Waals surface area contributed by atoms with Crippen LogP contribution in [0.25, 0.3) is 10.9 Å². The number of amidine groups is 1. The van der Waals surface area contributed by atoms with Crippen LogP contribution in [0.1, 0.15) is 0 Å². The van der Waals surface area contributed by atoms with Crippen molar-refractivity contribution in [1.82, 2.24) is 4.98 Å². The Balaban J connectivity index is 1.58. The zero-order chi connectivity index (χ0) is 25.7. The van der Waals surface area contributed by atoms with Gasteiger partial charge in [0, 0.05) is 23.3 Å². The Morgan fingerprint density at radius 2 is 1.42 bits per heavy atom. The summed E-state index contributed by atoms with van der Waals surface area (Å²) < 4.78 is 62.5. The van der Waals surface area contributed by atoms with Crippen LogP contribution in [0.15, 0.2) is 77.9 Å². The minimum absolute atomic E-state index is 0.0988. The van der Waals surface area contributed by atoms with E-state index in [0.717, 1.165) is 0 Å². The third kappa shape index (κ3) is 5.60. The van der Waals surface area contributed by atoms with Crippen LogP contribution in [0.2, 0.25) is 0 Å². The minimum atomic E-state index is -4.69. The van der Waals surface area contributed by atoms with E-state index in [9.17, 15) is 13.2 Å². The first-order chi connectivity index (χ1) is 17.3. The number of aromatic nitrogens is 1. The molecule has 3 aromatic carbocycles. The van der Waals surface area contributed by atoms with Gasteiger partial charge in [0.15, 0.2) is 11.5 Å². The summed E-state index contributed by atoms with van der Waals surface area (Å²) in [6.07, 6.45) is -3.10. The highest BCUT2D eigenvalue weighted by molar-refractivity contribution is 6.01. The van der Waals surface area contributed by atoms with Crippen LogP contribution in [-0.4, -0.2) is 38.3 Å². The van der Waals surface area contributed by atoms with Gasteiger partial charge in [-0.05, 0) is 60.7 Å². The molecule has 0 bridgehead atoms. The molecule has 0 aliphatic rings. The van der Waals surface area contributed by atoms with E-state index >= 15 is 0 Å². The number of alkyl halides is 3. The maximum Gasteiger partial charge on any atom is 0.449 e. The lowest BCUT2D eigenvalue weighted by Crippen LogP contribution is -2.30. The van der Waals surface area contributed by atoms with Gasteiger partial charge in [-0.15, -0.1) is 0 Å². The quantitative estimate of drug-likeness (QED) is 0.225. The fraction of sp³-hybridized carbons (Fsp3) is 0.154. The van der Waals surface area contributed by atoms with Crippen molar-refractivity contribution < 1.29 is 32.1 Å². The van der Waals surface area contributed by atoms with Crippen LogP contribution in [0, 0.1) is 0 Å². The molecule has 1 aromatic heterocycles. The van der Waals surface area contributed by atoms with Crippen molar-refractivity contribution in [3.63, 3.8) is 0 Å². The maximum absolute atomic E-state index is 13.6. The molecular weight excluding hydrogens is 475 g/mol. The van der Waals surface area contributed by atoms with E-state index in [-0.39, 0.29) is 11.4 Å². The van der Waals surface area contributed by atoms with Crippen molar-refractivity contribution >= 4 is 28.1 Å². The Kier molecular flexibility index (Phi) is 7.14. The lowest BCUT2D eigenvalue weighted by molar-refractivity contribution is -0.0586. The topological polar surface area (TPSA) is 74.2 Å². The predicted octanol–water partition coefficient (Wildman–Crippen LogP) is 6.76. The van der Waals surface area contributed by atoms with Crippen LogP contribution in [-0.2, 0) is 0 Å². The van der Waals surface area contributed by atoms with Crippen molar-refractivity contribution in [2.45, 2.75) is 6.18 Å². The number of fused-ring (bicyclic) bond motifs is 1. The monoisotopic (exact) mass is 497 g/mol. The Morgan fingerprint density at radius 3 is 2.03 bits per heavy atom. The molecule has 0 amide bonds. The van der Waals surface area contributed by atoms with Gasteiger partial charge in [-0.3, -0.25) is 4.98 Å². The summed E-state index contributed by atoms with van der Waals surface area (Å²) in [5.74, 6) is 1.32. The number of nitrogens with one attached hydrogen (secondary N) is 1. The van der Waals surface area contributed by atoms with Gasteiger partial charge < -0.3 is 24.3 Å². The van der Waals surface area contributed by atoms with Crippen LogP contribution >= 0.6 is 0 Å². The number of hydrogen-bond donors (Lipinski definition) is 1. The number of methoxy groups -OCH3 is 3. The van der Waals surface area contributed by atoms with Crippen molar-refractivity contribution in [2.24, 2.45) is 4.99 Å². The van der Waals surface area contributed by atoms with Crippen LogP contribution < -0.4 is 24.3 Å². The van der Waals surface area contributed by atoms with Gasteiger partial charge in [-0.2, -0.15) is 13.2 Å². The molecule has 4 rings (SSSR count). The Bertz CT molecular complexity index is 1370. The molecule has 1 N–H and O–H groups in total.